The van der Waals surface area contributed by atoms with E-state index in [2.05, 4.69) is 28.6 Å². The van der Waals surface area contributed by atoms with Crippen molar-refractivity contribution in [3.8, 4) is 0 Å². The van der Waals surface area contributed by atoms with E-state index >= 15 is 0 Å². The van der Waals surface area contributed by atoms with Crippen LogP contribution >= 0.6 is 22.7 Å². The van der Waals surface area contributed by atoms with Gasteiger partial charge in [0.25, 0.3) is 5.91 Å². The Balaban J connectivity index is 1.73. The molecule has 2 aromatic rings. The van der Waals surface area contributed by atoms with Gasteiger partial charge in [0.1, 0.15) is 11.2 Å². The van der Waals surface area contributed by atoms with Gasteiger partial charge in [0.05, 0.1) is 5.56 Å². The van der Waals surface area contributed by atoms with Gasteiger partial charge in [0.2, 0.25) is 0 Å². The first-order valence-electron chi connectivity index (χ1n) is 6.66. The third-order valence-electron chi connectivity index (χ3n) is 3.85. The quantitative estimate of drug-likeness (QED) is 0.851. The molecular weight excluding hydrogens is 290 g/mol. The molecule has 4 nitrogen and oxygen atoms in total. The first kappa shape index (κ1) is 12.4. The summed E-state index contributed by atoms with van der Waals surface area (Å²) in [6.07, 6.45) is 0.879. The van der Waals surface area contributed by atoms with Crippen LogP contribution in [0, 0.1) is 0 Å². The smallest absolute Gasteiger partial charge is 0.256 e. The molecule has 0 radical (unpaired) electrons. The molecule has 1 atom stereocenters. The van der Waals surface area contributed by atoms with Gasteiger partial charge in [0.15, 0.2) is 0 Å². The second-order valence-corrected chi connectivity index (χ2v) is 7.35. The number of amides is 1. The van der Waals surface area contributed by atoms with E-state index in [1.807, 2.05) is 11.4 Å². The summed E-state index contributed by atoms with van der Waals surface area (Å²) >= 11 is 3.40. The molecule has 0 spiro atoms. The summed E-state index contributed by atoms with van der Waals surface area (Å²) in [5, 5.41) is 9.63. The molecule has 2 N–H and O–H groups in total. The van der Waals surface area contributed by atoms with E-state index < -0.39 is 0 Å². The van der Waals surface area contributed by atoms with Crippen molar-refractivity contribution in [3.05, 3.63) is 38.4 Å². The number of fused-ring (bicyclic) bond motifs is 3. The lowest BCUT2D eigenvalue weighted by molar-refractivity contribution is 0.0935. The molecule has 2 aliphatic rings. The van der Waals surface area contributed by atoms with Crippen LogP contribution in [-0.2, 0) is 13.0 Å². The number of rotatable bonds is 1. The lowest BCUT2D eigenvalue weighted by Gasteiger charge is -2.26. The lowest BCUT2D eigenvalue weighted by Crippen LogP contribution is -2.38. The Kier molecular flexibility index (Phi) is 2.83. The number of nitrogens with zero attached hydrogens (tertiary/aromatic N) is 1. The number of hydrogen-bond donors (Lipinski definition) is 2. The van der Waals surface area contributed by atoms with Crippen molar-refractivity contribution < 1.29 is 4.79 Å². The van der Waals surface area contributed by atoms with Crippen molar-refractivity contribution in [1.82, 2.24) is 10.2 Å². The summed E-state index contributed by atoms with van der Waals surface area (Å²) in [5.41, 5.74) is 2.13. The second kappa shape index (κ2) is 4.58. The van der Waals surface area contributed by atoms with E-state index in [1.54, 1.807) is 22.7 Å². The molecule has 0 saturated carbocycles. The van der Waals surface area contributed by atoms with E-state index in [-0.39, 0.29) is 12.1 Å². The fourth-order valence-electron chi connectivity index (χ4n) is 2.84. The highest BCUT2D eigenvalue weighted by Crippen LogP contribution is 2.40. The van der Waals surface area contributed by atoms with Gasteiger partial charge in [-0.2, -0.15) is 0 Å². The van der Waals surface area contributed by atoms with E-state index in [0.29, 0.717) is 0 Å². The highest BCUT2D eigenvalue weighted by Gasteiger charge is 2.32. The highest BCUT2D eigenvalue weighted by molar-refractivity contribution is 7.16. The molecule has 0 aliphatic carbocycles. The molecule has 4 rings (SSSR count). The third kappa shape index (κ3) is 1.87. The Morgan fingerprint density at radius 2 is 2.30 bits per heavy atom. The van der Waals surface area contributed by atoms with Crippen LogP contribution in [0.2, 0.25) is 0 Å². The predicted molar refractivity (Wildman–Crippen MR) is 82.5 cm³/mol. The zero-order chi connectivity index (χ0) is 13.7. The van der Waals surface area contributed by atoms with Crippen molar-refractivity contribution in [2.24, 2.45) is 0 Å². The maximum atomic E-state index is 12.5. The molecule has 4 heterocycles. The molecule has 20 heavy (non-hydrogen) atoms. The van der Waals surface area contributed by atoms with Crippen LogP contribution in [0.4, 0.5) is 5.00 Å². The summed E-state index contributed by atoms with van der Waals surface area (Å²) in [6, 6.07) is 4.06. The van der Waals surface area contributed by atoms with E-state index in [0.717, 1.165) is 35.0 Å². The topological polar surface area (TPSA) is 44.4 Å². The molecule has 0 bridgehead atoms. The van der Waals surface area contributed by atoms with Crippen LogP contribution in [0.3, 0.4) is 0 Å². The average molecular weight is 305 g/mol. The van der Waals surface area contributed by atoms with Gasteiger partial charge in [-0.25, -0.2) is 0 Å². The van der Waals surface area contributed by atoms with Crippen LogP contribution in [0.1, 0.15) is 31.8 Å². The molecule has 2 aliphatic heterocycles. The summed E-state index contributed by atoms with van der Waals surface area (Å²) in [6.45, 7) is 1.98. The number of likely N-dealkylation sites (N-methyl/N-ethyl adjacent to an activating group) is 1. The largest absolute Gasteiger partial charge is 0.352 e. The van der Waals surface area contributed by atoms with Crippen LogP contribution in [-0.4, -0.2) is 24.4 Å². The maximum Gasteiger partial charge on any atom is 0.256 e. The summed E-state index contributed by atoms with van der Waals surface area (Å²) in [5.74, 6) is 0.0687. The average Bonchev–Trinajstić information content (AvgIpc) is 3.04. The number of thiophene rings is 2. The van der Waals surface area contributed by atoms with Gasteiger partial charge in [-0.3, -0.25) is 4.79 Å². The number of nitrogens with one attached hydrogen (secondary N) is 2. The van der Waals surface area contributed by atoms with Crippen LogP contribution in [0.5, 0.6) is 0 Å². The molecule has 0 unspecified atom stereocenters. The van der Waals surface area contributed by atoms with Crippen LogP contribution in [0.15, 0.2) is 17.5 Å². The Bertz CT molecular complexity index is 662. The number of carbonyl (C=O) groups excluding carboxylic acids is 1. The van der Waals surface area contributed by atoms with E-state index in [9.17, 15) is 4.79 Å². The molecule has 2 aromatic heterocycles. The molecule has 0 saturated heterocycles. The zero-order valence-electron chi connectivity index (χ0n) is 11.1. The normalized spacial score (nSPS) is 21.9. The maximum absolute atomic E-state index is 12.5. The third-order valence-corrected chi connectivity index (χ3v) is 5.94. The van der Waals surface area contributed by atoms with Crippen molar-refractivity contribution in [2.75, 3.05) is 18.9 Å². The minimum absolute atomic E-state index is 0.0687. The first-order valence-corrected chi connectivity index (χ1v) is 8.36. The van der Waals surface area contributed by atoms with Crippen molar-refractivity contribution in [1.29, 1.82) is 0 Å². The fourth-order valence-corrected chi connectivity index (χ4v) is 4.92. The molecule has 104 valence electrons. The molecular formula is C14H15N3OS2. The van der Waals surface area contributed by atoms with Crippen molar-refractivity contribution >= 4 is 33.6 Å². The minimum Gasteiger partial charge on any atom is -0.352 e. The van der Waals surface area contributed by atoms with Gasteiger partial charge in [0, 0.05) is 22.8 Å². The van der Waals surface area contributed by atoms with E-state index in [4.69, 9.17) is 0 Å². The lowest BCUT2D eigenvalue weighted by atomic mass is 10.0. The van der Waals surface area contributed by atoms with Gasteiger partial charge < -0.3 is 15.5 Å². The number of carbonyl (C=O) groups is 1. The SMILES string of the molecule is CN1CCc2c(sc3c2C(=O)N[C@H](c2cccs2)N3)C1. The Morgan fingerprint density at radius 1 is 1.40 bits per heavy atom. The zero-order valence-corrected chi connectivity index (χ0v) is 12.7. The second-order valence-electron chi connectivity index (χ2n) is 5.26. The predicted octanol–water partition coefficient (Wildman–Crippen LogP) is 2.65. The van der Waals surface area contributed by atoms with Crippen molar-refractivity contribution in [2.45, 2.75) is 19.1 Å². The van der Waals surface area contributed by atoms with E-state index in [1.165, 1.54) is 10.4 Å². The molecule has 1 amide bonds. The Labute approximate surface area is 125 Å². The summed E-state index contributed by atoms with van der Waals surface area (Å²) < 4.78 is 0. The molecule has 0 aromatic carbocycles. The fraction of sp³-hybridized carbons (Fsp3) is 0.357. The van der Waals surface area contributed by atoms with Crippen LogP contribution < -0.4 is 10.6 Å². The van der Waals surface area contributed by atoms with Gasteiger partial charge in [-0.15, -0.1) is 22.7 Å². The van der Waals surface area contributed by atoms with Crippen molar-refractivity contribution in [3.63, 3.8) is 0 Å². The summed E-state index contributed by atoms with van der Waals surface area (Å²) in [4.78, 5) is 17.2. The van der Waals surface area contributed by atoms with Gasteiger partial charge in [-0.05, 0) is 30.5 Å². The first-order chi connectivity index (χ1) is 9.72. The standard InChI is InChI=1S/C14H15N3OS2/c1-17-5-4-8-10(7-17)20-14-11(8)13(18)15-12(16-14)9-3-2-6-19-9/h2-3,6,12,16H,4-5,7H2,1H3,(H,15,18)/t12-/m0/s1. The van der Waals surface area contributed by atoms with Gasteiger partial charge >= 0.3 is 0 Å². The number of anilines is 1. The minimum atomic E-state index is -0.0900. The molecule has 6 heteroatoms. The Morgan fingerprint density at radius 3 is 3.10 bits per heavy atom. The Hall–Kier alpha value is -1.37. The van der Waals surface area contributed by atoms with Gasteiger partial charge in [-0.1, -0.05) is 6.07 Å². The number of hydrogen-bond acceptors (Lipinski definition) is 5. The monoisotopic (exact) mass is 305 g/mol. The molecule has 0 fully saturated rings. The summed E-state index contributed by atoms with van der Waals surface area (Å²) in [7, 11) is 2.13. The van der Waals surface area contributed by atoms with Crippen LogP contribution in [0.25, 0.3) is 0 Å². The highest BCUT2D eigenvalue weighted by atomic mass is 32.1.